The predicted octanol–water partition coefficient (Wildman–Crippen LogP) is 2.87. The van der Waals surface area contributed by atoms with Crippen LogP contribution in [0.2, 0.25) is 0 Å². The number of nitrogens with one attached hydrogen (secondary N) is 1. The molecule has 0 amide bonds. The number of carbonyl (C=O) groups excluding carboxylic acids is 1. The summed E-state index contributed by atoms with van der Waals surface area (Å²) in [5.41, 5.74) is 2.23. The molecule has 3 rings (SSSR count). The van der Waals surface area contributed by atoms with E-state index in [0.717, 1.165) is 30.8 Å². The minimum absolute atomic E-state index is 0.351. The molecule has 1 unspecified atom stereocenters. The lowest BCUT2D eigenvalue weighted by atomic mass is 10.0. The SMILES string of the molecule is CCOC(=O)c1ncn(CC2CCCCN2)c1-c1ccccc1. The zero-order valence-corrected chi connectivity index (χ0v) is 13.5. The summed E-state index contributed by atoms with van der Waals surface area (Å²) in [5, 5.41) is 3.55. The number of ether oxygens (including phenoxy) is 1. The van der Waals surface area contributed by atoms with Gasteiger partial charge in [-0.25, -0.2) is 9.78 Å². The van der Waals surface area contributed by atoms with Crippen LogP contribution in [-0.2, 0) is 11.3 Å². The van der Waals surface area contributed by atoms with Gasteiger partial charge in [-0.2, -0.15) is 0 Å². The van der Waals surface area contributed by atoms with Gasteiger partial charge in [0.15, 0.2) is 5.69 Å². The largest absolute Gasteiger partial charge is 0.461 e. The van der Waals surface area contributed by atoms with Crippen LogP contribution in [0.25, 0.3) is 11.3 Å². The van der Waals surface area contributed by atoms with Gasteiger partial charge in [-0.15, -0.1) is 0 Å². The lowest BCUT2D eigenvalue weighted by molar-refractivity contribution is 0.0521. The lowest BCUT2D eigenvalue weighted by Gasteiger charge is -2.24. The molecule has 0 radical (unpaired) electrons. The third-order valence-electron chi connectivity index (χ3n) is 4.18. The third kappa shape index (κ3) is 3.62. The lowest BCUT2D eigenvalue weighted by Crippen LogP contribution is -2.37. The van der Waals surface area contributed by atoms with Gasteiger partial charge in [0.2, 0.25) is 0 Å². The summed E-state index contributed by atoms with van der Waals surface area (Å²) in [7, 11) is 0. The molecule has 1 atom stereocenters. The highest BCUT2D eigenvalue weighted by Crippen LogP contribution is 2.25. The van der Waals surface area contributed by atoms with Gasteiger partial charge < -0.3 is 14.6 Å². The van der Waals surface area contributed by atoms with Gasteiger partial charge in [0.25, 0.3) is 0 Å². The maximum absolute atomic E-state index is 12.2. The van der Waals surface area contributed by atoms with Gasteiger partial charge in [-0.05, 0) is 26.3 Å². The number of piperidine rings is 1. The van der Waals surface area contributed by atoms with Crippen LogP contribution in [0.5, 0.6) is 0 Å². The first-order chi connectivity index (χ1) is 11.3. The fourth-order valence-corrected chi connectivity index (χ4v) is 3.09. The molecule has 1 N–H and O–H groups in total. The van der Waals surface area contributed by atoms with Gasteiger partial charge >= 0.3 is 5.97 Å². The molecular weight excluding hydrogens is 290 g/mol. The topological polar surface area (TPSA) is 56.1 Å². The van der Waals surface area contributed by atoms with Crippen molar-refractivity contribution in [3.8, 4) is 11.3 Å². The molecule has 1 aliphatic rings. The molecule has 5 nitrogen and oxygen atoms in total. The Bertz CT molecular complexity index is 646. The highest BCUT2D eigenvalue weighted by Gasteiger charge is 2.22. The average molecular weight is 313 g/mol. The van der Waals surface area contributed by atoms with E-state index in [-0.39, 0.29) is 5.97 Å². The number of esters is 1. The number of nitrogens with zero attached hydrogens (tertiary/aromatic N) is 2. The minimum Gasteiger partial charge on any atom is -0.461 e. The number of benzene rings is 1. The van der Waals surface area contributed by atoms with E-state index in [9.17, 15) is 4.79 Å². The molecular formula is C18H23N3O2. The Morgan fingerprint density at radius 1 is 1.35 bits per heavy atom. The first-order valence-electron chi connectivity index (χ1n) is 8.30. The summed E-state index contributed by atoms with van der Waals surface area (Å²) in [5.74, 6) is -0.360. The number of carbonyl (C=O) groups is 1. The van der Waals surface area contributed by atoms with E-state index >= 15 is 0 Å². The molecule has 0 saturated carbocycles. The zero-order chi connectivity index (χ0) is 16.1. The van der Waals surface area contributed by atoms with Crippen molar-refractivity contribution in [3.05, 3.63) is 42.4 Å². The molecule has 0 spiro atoms. The number of rotatable bonds is 5. The Balaban J connectivity index is 1.93. The van der Waals surface area contributed by atoms with Crippen LogP contribution in [0.1, 0.15) is 36.7 Å². The Hall–Kier alpha value is -2.14. The number of hydrogen-bond donors (Lipinski definition) is 1. The minimum atomic E-state index is -0.360. The van der Waals surface area contributed by atoms with Gasteiger partial charge in [0, 0.05) is 18.2 Å². The second-order valence-corrected chi connectivity index (χ2v) is 5.83. The van der Waals surface area contributed by atoms with Gasteiger partial charge in [-0.1, -0.05) is 36.8 Å². The average Bonchev–Trinajstić information content (AvgIpc) is 3.00. The highest BCUT2D eigenvalue weighted by atomic mass is 16.5. The van der Waals surface area contributed by atoms with Crippen LogP contribution in [0.3, 0.4) is 0 Å². The fraction of sp³-hybridized carbons (Fsp3) is 0.444. The van der Waals surface area contributed by atoms with Crippen LogP contribution in [0, 0.1) is 0 Å². The van der Waals surface area contributed by atoms with Crippen molar-refractivity contribution in [2.24, 2.45) is 0 Å². The molecule has 1 saturated heterocycles. The Morgan fingerprint density at radius 3 is 2.87 bits per heavy atom. The van der Waals surface area contributed by atoms with Crippen molar-refractivity contribution in [1.82, 2.24) is 14.9 Å². The highest BCUT2D eigenvalue weighted by molar-refractivity contribution is 5.94. The van der Waals surface area contributed by atoms with Crippen molar-refractivity contribution in [2.45, 2.75) is 38.8 Å². The zero-order valence-electron chi connectivity index (χ0n) is 13.5. The maximum atomic E-state index is 12.2. The van der Waals surface area contributed by atoms with Crippen LogP contribution in [-0.4, -0.2) is 34.7 Å². The first kappa shape index (κ1) is 15.7. The molecule has 0 aliphatic carbocycles. The standard InChI is InChI=1S/C18H23N3O2/c1-2-23-18(22)16-17(14-8-4-3-5-9-14)21(13-20-16)12-15-10-6-7-11-19-15/h3-5,8-9,13,15,19H,2,6-7,10-12H2,1H3. The maximum Gasteiger partial charge on any atom is 0.359 e. The predicted molar refractivity (Wildman–Crippen MR) is 89.3 cm³/mol. The molecule has 0 bridgehead atoms. The van der Waals surface area contributed by atoms with Crippen LogP contribution in [0.4, 0.5) is 0 Å². The van der Waals surface area contributed by atoms with E-state index in [2.05, 4.69) is 14.9 Å². The van der Waals surface area contributed by atoms with E-state index in [0.29, 0.717) is 18.3 Å². The normalized spacial score (nSPS) is 17.9. The summed E-state index contributed by atoms with van der Waals surface area (Å²) in [6.45, 7) is 4.04. The van der Waals surface area contributed by atoms with E-state index in [1.54, 1.807) is 6.33 Å². The quantitative estimate of drug-likeness (QED) is 0.862. The summed E-state index contributed by atoms with van der Waals surface area (Å²) < 4.78 is 7.24. The third-order valence-corrected chi connectivity index (χ3v) is 4.18. The second kappa shape index (κ2) is 7.42. The van der Waals surface area contributed by atoms with Crippen LogP contribution in [0.15, 0.2) is 36.7 Å². The smallest absolute Gasteiger partial charge is 0.359 e. The van der Waals surface area contributed by atoms with Crippen molar-refractivity contribution in [3.63, 3.8) is 0 Å². The van der Waals surface area contributed by atoms with Gasteiger partial charge in [-0.3, -0.25) is 0 Å². The molecule has 1 fully saturated rings. The number of aromatic nitrogens is 2. The molecule has 1 aromatic carbocycles. The van der Waals surface area contributed by atoms with Crippen molar-refractivity contribution in [2.75, 3.05) is 13.2 Å². The molecule has 2 aromatic rings. The van der Waals surface area contributed by atoms with Crippen LogP contribution < -0.4 is 5.32 Å². The summed E-state index contributed by atoms with van der Waals surface area (Å²) in [6.07, 6.45) is 5.39. The first-order valence-corrected chi connectivity index (χ1v) is 8.30. The molecule has 5 heteroatoms. The molecule has 1 aliphatic heterocycles. The molecule has 2 heterocycles. The van der Waals surface area contributed by atoms with Gasteiger partial charge in [0.1, 0.15) is 0 Å². The van der Waals surface area contributed by atoms with E-state index < -0.39 is 0 Å². The van der Waals surface area contributed by atoms with Crippen LogP contribution >= 0.6 is 0 Å². The molecule has 122 valence electrons. The monoisotopic (exact) mass is 313 g/mol. The van der Waals surface area contributed by atoms with E-state index in [1.807, 2.05) is 37.3 Å². The summed E-state index contributed by atoms with van der Waals surface area (Å²) in [6, 6.07) is 10.3. The van der Waals surface area contributed by atoms with E-state index in [1.165, 1.54) is 12.8 Å². The number of hydrogen-bond acceptors (Lipinski definition) is 4. The summed E-state index contributed by atoms with van der Waals surface area (Å²) >= 11 is 0. The van der Waals surface area contributed by atoms with Gasteiger partial charge in [0.05, 0.1) is 18.6 Å². The van der Waals surface area contributed by atoms with Crippen molar-refractivity contribution >= 4 is 5.97 Å². The Labute approximate surface area is 136 Å². The van der Waals surface area contributed by atoms with Crippen molar-refractivity contribution < 1.29 is 9.53 Å². The number of imidazole rings is 1. The molecule has 1 aromatic heterocycles. The Kier molecular flexibility index (Phi) is 5.08. The Morgan fingerprint density at radius 2 is 2.17 bits per heavy atom. The fourth-order valence-electron chi connectivity index (χ4n) is 3.09. The van der Waals surface area contributed by atoms with E-state index in [4.69, 9.17) is 4.74 Å². The molecule has 23 heavy (non-hydrogen) atoms. The second-order valence-electron chi connectivity index (χ2n) is 5.83. The van der Waals surface area contributed by atoms with Crippen molar-refractivity contribution in [1.29, 1.82) is 0 Å². The summed E-state index contributed by atoms with van der Waals surface area (Å²) in [4.78, 5) is 16.6.